The van der Waals surface area contributed by atoms with E-state index in [4.69, 9.17) is 5.73 Å². The number of nitrogens with zero attached hydrogens (tertiary/aromatic N) is 1. The molecule has 2 nitrogen and oxygen atoms in total. The number of hydrogen-bond donors (Lipinski definition) is 1. The minimum atomic E-state index is 0.512. The van der Waals surface area contributed by atoms with Gasteiger partial charge in [0.25, 0.3) is 0 Å². The number of hydrogen-bond acceptors (Lipinski definition) is 3. The third-order valence-electron chi connectivity index (χ3n) is 3.98. The van der Waals surface area contributed by atoms with Crippen molar-refractivity contribution in [2.75, 3.05) is 6.54 Å². The highest BCUT2D eigenvalue weighted by atomic mass is 32.1. The maximum absolute atomic E-state index is 5.94. The molecule has 2 N–H and O–H groups in total. The second-order valence-corrected chi connectivity index (χ2v) is 6.56. The summed E-state index contributed by atoms with van der Waals surface area (Å²) in [6, 6.07) is 6.24. The molecule has 1 aliphatic rings. The number of nitrogens with two attached hydrogens (primary N) is 1. The number of thiophene rings is 1. The normalized spacial score (nSPS) is 28.2. The van der Waals surface area contributed by atoms with Gasteiger partial charge in [-0.1, -0.05) is 6.42 Å². The quantitative estimate of drug-likeness (QED) is 0.894. The van der Waals surface area contributed by atoms with Crippen LogP contribution in [0.4, 0.5) is 0 Å². The molecule has 1 aliphatic heterocycles. The zero-order valence-electron chi connectivity index (χ0n) is 11.1. The van der Waals surface area contributed by atoms with E-state index in [-0.39, 0.29) is 0 Å². The molecule has 1 aromatic heterocycles. The van der Waals surface area contributed by atoms with Crippen LogP contribution in [0.15, 0.2) is 12.1 Å². The first-order valence-electron chi connectivity index (χ1n) is 6.67. The van der Waals surface area contributed by atoms with Gasteiger partial charge in [0.2, 0.25) is 0 Å². The molecule has 3 atom stereocenters. The highest BCUT2D eigenvalue weighted by molar-refractivity contribution is 7.12. The van der Waals surface area contributed by atoms with E-state index in [1.54, 1.807) is 0 Å². The molecule has 96 valence electrons. The van der Waals surface area contributed by atoms with Gasteiger partial charge in [0.05, 0.1) is 0 Å². The Morgan fingerprint density at radius 2 is 2.24 bits per heavy atom. The fraction of sp³-hybridized carbons (Fsp3) is 0.714. The Labute approximate surface area is 109 Å². The van der Waals surface area contributed by atoms with Crippen LogP contribution in [0.5, 0.6) is 0 Å². The van der Waals surface area contributed by atoms with Crippen LogP contribution < -0.4 is 5.73 Å². The van der Waals surface area contributed by atoms with Crippen molar-refractivity contribution >= 4 is 11.3 Å². The van der Waals surface area contributed by atoms with Crippen molar-refractivity contribution in [2.45, 2.75) is 58.2 Å². The van der Waals surface area contributed by atoms with E-state index < -0.39 is 0 Å². The fourth-order valence-electron chi connectivity index (χ4n) is 3.07. The van der Waals surface area contributed by atoms with Gasteiger partial charge < -0.3 is 5.73 Å². The molecule has 0 amide bonds. The fourth-order valence-corrected chi connectivity index (χ4v) is 4.01. The van der Waals surface area contributed by atoms with Crippen LogP contribution in [0, 0.1) is 6.92 Å². The van der Waals surface area contributed by atoms with E-state index in [2.05, 4.69) is 37.8 Å². The lowest BCUT2D eigenvalue weighted by Gasteiger charge is -2.43. The first kappa shape index (κ1) is 13.1. The standard InChI is InChI=1S/C14H24N2S/c1-10-5-4-6-13(9-15)16(10)12(3)14-8-7-11(2)17-14/h7-8,10,12-13H,4-6,9,15H2,1-3H3. The topological polar surface area (TPSA) is 29.3 Å². The molecule has 17 heavy (non-hydrogen) atoms. The minimum Gasteiger partial charge on any atom is -0.329 e. The Balaban J connectivity index is 2.17. The molecule has 0 radical (unpaired) electrons. The van der Waals surface area contributed by atoms with Crippen molar-refractivity contribution in [1.82, 2.24) is 4.90 Å². The average Bonchev–Trinajstić information content (AvgIpc) is 2.74. The molecule has 3 unspecified atom stereocenters. The number of piperidine rings is 1. The molecule has 0 spiro atoms. The van der Waals surface area contributed by atoms with Gasteiger partial charge in [-0.25, -0.2) is 0 Å². The molecule has 0 bridgehead atoms. The van der Waals surface area contributed by atoms with Gasteiger partial charge in [-0.05, 0) is 45.7 Å². The predicted molar refractivity (Wildman–Crippen MR) is 75.5 cm³/mol. The highest BCUT2D eigenvalue weighted by Crippen LogP contribution is 2.34. The van der Waals surface area contributed by atoms with Crippen molar-refractivity contribution in [2.24, 2.45) is 5.73 Å². The first-order valence-corrected chi connectivity index (χ1v) is 7.49. The van der Waals surface area contributed by atoms with Crippen molar-refractivity contribution in [3.05, 3.63) is 21.9 Å². The second kappa shape index (κ2) is 5.51. The van der Waals surface area contributed by atoms with Crippen LogP contribution >= 0.6 is 11.3 Å². The molecule has 3 heteroatoms. The average molecular weight is 252 g/mol. The summed E-state index contributed by atoms with van der Waals surface area (Å²) in [7, 11) is 0. The van der Waals surface area contributed by atoms with Crippen LogP contribution in [-0.4, -0.2) is 23.5 Å². The van der Waals surface area contributed by atoms with Gasteiger partial charge in [0.1, 0.15) is 0 Å². The number of aryl methyl sites for hydroxylation is 1. The first-order chi connectivity index (χ1) is 8.13. The van der Waals surface area contributed by atoms with Gasteiger partial charge in [-0.2, -0.15) is 0 Å². The summed E-state index contributed by atoms with van der Waals surface area (Å²) in [5, 5.41) is 0. The smallest absolute Gasteiger partial charge is 0.0419 e. The van der Waals surface area contributed by atoms with E-state index in [0.717, 1.165) is 6.54 Å². The lowest BCUT2D eigenvalue weighted by Crippen LogP contribution is -2.49. The van der Waals surface area contributed by atoms with Gasteiger partial charge >= 0.3 is 0 Å². The minimum absolute atomic E-state index is 0.512. The molecule has 2 heterocycles. The zero-order valence-corrected chi connectivity index (χ0v) is 12.0. The van der Waals surface area contributed by atoms with Crippen molar-refractivity contribution < 1.29 is 0 Å². The number of likely N-dealkylation sites (tertiary alicyclic amines) is 1. The summed E-state index contributed by atoms with van der Waals surface area (Å²) in [6.45, 7) is 7.65. The summed E-state index contributed by atoms with van der Waals surface area (Å²) in [6.07, 6.45) is 3.90. The van der Waals surface area contributed by atoms with E-state index in [9.17, 15) is 0 Å². The van der Waals surface area contributed by atoms with Crippen molar-refractivity contribution in [3.63, 3.8) is 0 Å². The van der Waals surface area contributed by atoms with E-state index in [1.165, 1.54) is 29.0 Å². The van der Waals surface area contributed by atoms with Crippen LogP contribution in [-0.2, 0) is 0 Å². The Bertz CT molecular complexity index is 361. The molecule has 1 fully saturated rings. The van der Waals surface area contributed by atoms with Crippen LogP contribution in [0.1, 0.15) is 48.9 Å². The maximum Gasteiger partial charge on any atom is 0.0419 e. The molecule has 0 aromatic carbocycles. The second-order valence-electron chi connectivity index (χ2n) is 5.24. The Morgan fingerprint density at radius 3 is 2.82 bits per heavy atom. The summed E-state index contributed by atoms with van der Waals surface area (Å²) >= 11 is 1.92. The lowest BCUT2D eigenvalue weighted by atomic mass is 9.94. The molecular formula is C14H24N2S. The third kappa shape index (κ3) is 2.72. The lowest BCUT2D eigenvalue weighted by molar-refractivity contribution is 0.0585. The SMILES string of the molecule is Cc1ccc(C(C)N2C(C)CCCC2CN)s1. The Kier molecular flexibility index (Phi) is 4.23. The van der Waals surface area contributed by atoms with Crippen molar-refractivity contribution in [3.8, 4) is 0 Å². The Hall–Kier alpha value is -0.380. The molecule has 0 saturated carbocycles. The monoisotopic (exact) mass is 252 g/mol. The zero-order chi connectivity index (χ0) is 12.4. The van der Waals surface area contributed by atoms with E-state index >= 15 is 0 Å². The summed E-state index contributed by atoms with van der Waals surface area (Å²) in [4.78, 5) is 5.52. The van der Waals surface area contributed by atoms with Crippen LogP contribution in [0.25, 0.3) is 0 Å². The predicted octanol–water partition coefficient (Wildman–Crippen LogP) is 3.32. The highest BCUT2D eigenvalue weighted by Gasteiger charge is 2.31. The van der Waals surface area contributed by atoms with Gasteiger partial charge in [-0.3, -0.25) is 4.90 Å². The summed E-state index contributed by atoms with van der Waals surface area (Å²) < 4.78 is 0. The molecular weight excluding hydrogens is 228 g/mol. The third-order valence-corrected chi connectivity index (χ3v) is 5.15. The largest absolute Gasteiger partial charge is 0.329 e. The number of rotatable bonds is 3. The molecule has 0 aliphatic carbocycles. The van der Waals surface area contributed by atoms with E-state index in [1.807, 2.05) is 11.3 Å². The van der Waals surface area contributed by atoms with Gasteiger partial charge in [0.15, 0.2) is 0 Å². The Morgan fingerprint density at radius 1 is 1.47 bits per heavy atom. The van der Waals surface area contributed by atoms with Gasteiger partial charge in [-0.15, -0.1) is 11.3 Å². The summed E-state index contributed by atoms with van der Waals surface area (Å²) in [5.41, 5.74) is 5.94. The summed E-state index contributed by atoms with van der Waals surface area (Å²) in [5.74, 6) is 0. The van der Waals surface area contributed by atoms with E-state index in [0.29, 0.717) is 18.1 Å². The molecule has 2 rings (SSSR count). The van der Waals surface area contributed by atoms with Gasteiger partial charge in [0, 0.05) is 34.4 Å². The molecule has 1 saturated heterocycles. The van der Waals surface area contributed by atoms with Crippen LogP contribution in [0.2, 0.25) is 0 Å². The van der Waals surface area contributed by atoms with Crippen molar-refractivity contribution in [1.29, 1.82) is 0 Å². The maximum atomic E-state index is 5.94. The molecule has 1 aromatic rings. The van der Waals surface area contributed by atoms with Crippen LogP contribution in [0.3, 0.4) is 0 Å².